The summed E-state index contributed by atoms with van der Waals surface area (Å²) in [6, 6.07) is 21.1. The Balaban J connectivity index is 1.64. The van der Waals surface area contributed by atoms with Gasteiger partial charge < -0.3 is 14.8 Å². The number of halogens is 2. The lowest BCUT2D eigenvalue weighted by atomic mass is 10.1. The van der Waals surface area contributed by atoms with Gasteiger partial charge in [-0.2, -0.15) is 0 Å². The van der Waals surface area contributed by atoms with E-state index in [0.717, 1.165) is 18.4 Å². The number of ether oxygens (including phenoxy) is 2. The van der Waals surface area contributed by atoms with Crippen molar-refractivity contribution in [1.82, 2.24) is 5.32 Å². The molecule has 0 heterocycles. The number of hydrogen-bond acceptors (Lipinski definition) is 3. The Labute approximate surface area is 182 Å². The van der Waals surface area contributed by atoms with E-state index in [1.54, 1.807) is 19.2 Å². The molecule has 30 heavy (non-hydrogen) atoms. The molecule has 0 bridgehead atoms. The molecule has 0 radical (unpaired) electrons. The van der Waals surface area contributed by atoms with Crippen molar-refractivity contribution in [2.75, 3.05) is 7.11 Å². The summed E-state index contributed by atoms with van der Waals surface area (Å²) in [5.41, 5.74) is 2.62. The van der Waals surface area contributed by atoms with E-state index in [4.69, 9.17) is 21.1 Å². The van der Waals surface area contributed by atoms with Gasteiger partial charge in [0.25, 0.3) is 0 Å². The lowest BCUT2D eigenvalue weighted by Crippen LogP contribution is -2.26. The molecular formula is C25H27ClFNO2. The maximum absolute atomic E-state index is 14.1. The average Bonchev–Trinajstić information content (AvgIpc) is 2.77. The summed E-state index contributed by atoms with van der Waals surface area (Å²) in [6.45, 7) is 2.82. The summed E-state index contributed by atoms with van der Waals surface area (Å²) in [7, 11) is 1.60. The monoisotopic (exact) mass is 427 g/mol. The van der Waals surface area contributed by atoms with Gasteiger partial charge in [0.15, 0.2) is 11.5 Å². The first kappa shape index (κ1) is 22.1. The minimum atomic E-state index is -0.383. The van der Waals surface area contributed by atoms with Crippen LogP contribution in [0.2, 0.25) is 5.02 Å². The molecule has 3 rings (SSSR count). The first-order chi connectivity index (χ1) is 14.6. The van der Waals surface area contributed by atoms with Crippen LogP contribution < -0.4 is 14.8 Å². The van der Waals surface area contributed by atoms with E-state index in [0.29, 0.717) is 34.7 Å². The van der Waals surface area contributed by atoms with Crippen molar-refractivity contribution in [3.05, 3.63) is 94.3 Å². The van der Waals surface area contributed by atoms with E-state index < -0.39 is 0 Å². The smallest absolute Gasteiger partial charge is 0.166 e. The molecule has 3 nitrogen and oxygen atoms in total. The lowest BCUT2D eigenvalue weighted by Gasteiger charge is -2.18. The number of hydrogen-bond donors (Lipinski definition) is 1. The molecule has 3 aromatic rings. The summed E-state index contributed by atoms with van der Waals surface area (Å²) in [5.74, 6) is 0.826. The molecule has 158 valence electrons. The average molecular weight is 428 g/mol. The number of rotatable bonds is 10. The van der Waals surface area contributed by atoms with Gasteiger partial charge in [0.1, 0.15) is 12.4 Å². The van der Waals surface area contributed by atoms with Gasteiger partial charge >= 0.3 is 0 Å². The van der Waals surface area contributed by atoms with Crippen molar-refractivity contribution < 1.29 is 13.9 Å². The molecule has 0 spiro atoms. The van der Waals surface area contributed by atoms with E-state index >= 15 is 0 Å². The van der Waals surface area contributed by atoms with Crippen molar-refractivity contribution in [1.29, 1.82) is 0 Å². The van der Waals surface area contributed by atoms with E-state index in [1.165, 1.54) is 11.6 Å². The largest absolute Gasteiger partial charge is 0.493 e. The Bertz CT molecular complexity index is 929. The van der Waals surface area contributed by atoms with Crippen molar-refractivity contribution in [2.45, 2.75) is 39.0 Å². The number of aryl methyl sites for hydroxylation is 1. The fourth-order valence-electron chi connectivity index (χ4n) is 3.25. The highest BCUT2D eigenvalue weighted by molar-refractivity contribution is 6.31. The molecule has 0 aliphatic rings. The molecular weight excluding hydrogens is 401 g/mol. The van der Waals surface area contributed by atoms with Crippen LogP contribution in [0, 0.1) is 5.82 Å². The summed E-state index contributed by atoms with van der Waals surface area (Å²) >= 11 is 6.13. The molecule has 1 atom stereocenters. The van der Waals surface area contributed by atoms with Gasteiger partial charge in [0, 0.05) is 23.7 Å². The van der Waals surface area contributed by atoms with Crippen LogP contribution >= 0.6 is 11.6 Å². The topological polar surface area (TPSA) is 30.5 Å². The second-order valence-electron chi connectivity index (χ2n) is 7.24. The van der Waals surface area contributed by atoms with Gasteiger partial charge in [-0.3, -0.25) is 0 Å². The van der Waals surface area contributed by atoms with Crippen LogP contribution in [0.3, 0.4) is 0 Å². The predicted molar refractivity (Wildman–Crippen MR) is 120 cm³/mol. The Morgan fingerprint density at radius 2 is 1.77 bits per heavy atom. The molecule has 0 fully saturated rings. The van der Waals surface area contributed by atoms with Gasteiger partial charge in [0.2, 0.25) is 0 Å². The molecule has 0 saturated carbocycles. The molecule has 0 aliphatic heterocycles. The maximum atomic E-state index is 14.1. The predicted octanol–water partition coefficient (Wildman–Crippen LogP) is 6.18. The third-order valence-corrected chi connectivity index (χ3v) is 5.41. The Morgan fingerprint density at radius 1 is 1.00 bits per heavy atom. The van der Waals surface area contributed by atoms with Crippen molar-refractivity contribution >= 4 is 11.6 Å². The van der Waals surface area contributed by atoms with Crippen molar-refractivity contribution in [3.8, 4) is 11.5 Å². The number of methoxy groups -OCH3 is 1. The quantitative estimate of drug-likeness (QED) is 0.419. The number of benzene rings is 3. The van der Waals surface area contributed by atoms with Crippen LogP contribution in [0.5, 0.6) is 11.5 Å². The van der Waals surface area contributed by atoms with Crippen molar-refractivity contribution in [2.24, 2.45) is 0 Å². The summed E-state index contributed by atoms with van der Waals surface area (Å²) < 4.78 is 25.6. The van der Waals surface area contributed by atoms with Crippen LogP contribution in [-0.2, 0) is 19.6 Å². The fourth-order valence-corrected chi connectivity index (χ4v) is 3.47. The van der Waals surface area contributed by atoms with Gasteiger partial charge in [-0.25, -0.2) is 4.39 Å². The third kappa shape index (κ3) is 5.97. The van der Waals surface area contributed by atoms with Crippen LogP contribution in [0.4, 0.5) is 4.39 Å². The zero-order valence-corrected chi connectivity index (χ0v) is 18.1. The SMILES string of the molecule is COc1cccc(CN[C@@H](C)CCc2ccccc2)c1OCc1c(F)cccc1Cl. The van der Waals surface area contributed by atoms with E-state index in [2.05, 4.69) is 36.5 Å². The molecule has 0 aliphatic carbocycles. The number of nitrogens with one attached hydrogen (secondary N) is 1. The van der Waals surface area contributed by atoms with Gasteiger partial charge in [-0.1, -0.05) is 60.1 Å². The van der Waals surface area contributed by atoms with Gasteiger partial charge in [-0.15, -0.1) is 0 Å². The van der Waals surface area contributed by atoms with E-state index in [1.807, 2.05) is 24.3 Å². The first-order valence-corrected chi connectivity index (χ1v) is 10.4. The van der Waals surface area contributed by atoms with Crippen molar-refractivity contribution in [3.63, 3.8) is 0 Å². The molecule has 1 N–H and O–H groups in total. The summed E-state index contributed by atoms with van der Waals surface area (Å²) in [6.07, 6.45) is 2.04. The van der Waals surface area contributed by atoms with Gasteiger partial charge in [0.05, 0.1) is 12.1 Å². The Hall–Kier alpha value is -2.56. The molecule has 3 aromatic carbocycles. The summed E-state index contributed by atoms with van der Waals surface area (Å²) in [4.78, 5) is 0. The zero-order valence-electron chi connectivity index (χ0n) is 17.3. The van der Waals surface area contributed by atoms with Crippen LogP contribution in [0.15, 0.2) is 66.7 Å². The second kappa shape index (κ2) is 11.0. The Kier molecular flexibility index (Phi) is 8.12. The maximum Gasteiger partial charge on any atom is 0.166 e. The molecule has 0 amide bonds. The highest BCUT2D eigenvalue weighted by Gasteiger charge is 2.14. The minimum absolute atomic E-state index is 0.0302. The number of para-hydroxylation sites is 1. The van der Waals surface area contributed by atoms with E-state index in [-0.39, 0.29) is 12.4 Å². The van der Waals surface area contributed by atoms with Crippen LogP contribution in [-0.4, -0.2) is 13.2 Å². The van der Waals surface area contributed by atoms with Gasteiger partial charge in [-0.05, 0) is 43.5 Å². The molecule has 0 aromatic heterocycles. The summed E-state index contributed by atoms with van der Waals surface area (Å²) in [5, 5.41) is 3.89. The minimum Gasteiger partial charge on any atom is -0.493 e. The highest BCUT2D eigenvalue weighted by Crippen LogP contribution is 2.33. The Morgan fingerprint density at radius 3 is 2.50 bits per heavy atom. The molecule has 0 saturated heterocycles. The lowest BCUT2D eigenvalue weighted by molar-refractivity contribution is 0.275. The third-order valence-electron chi connectivity index (χ3n) is 5.05. The van der Waals surface area contributed by atoms with Crippen LogP contribution in [0.25, 0.3) is 0 Å². The second-order valence-corrected chi connectivity index (χ2v) is 7.65. The standard InChI is InChI=1S/C25H27ClFNO2/c1-18(14-15-19-8-4-3-5-9-19)28-16-20-10-6-13-24(29-2)25(20)30-17-21-22(26)11-7-12-23(21)27/h3-13,18,28H,14-17H2,1-2H3/t18-/m0/s1. The zero-order chi connectivity index (χ0) is 21.3. The fraction of sp³-hybridized carbons (Fsp3) is 0.280. The first-order valence-electron chi connectivity index (χ1n) is 10.1. The molecule has 5 heteroatoms. The molecule has 0 unspecified atom stereocenters. The van der Waals surface area contributed by atoms with E-state index in [9.17, 15) is 4.39 Å². The van der Waals surface area contributed by atoms with Crippen LogP contribution in [0.1, 0.15) is 30.0 Å². The highest BCUT2D eigenvalue weighted by atomic mass is 35.5. The normalized spacial score (nSPS) is 11.9.